The van der Waals surface area contributed by atoms with Gasteiger partial charge in [-0.15, -0.1) is 0 Å². The molecule has 0 bridgehead atoms. The number of hydrogen-bond donors (Lipinski definition) is 1. The summed E-state index contributed by atoms with van der Waals surface area (Å²) in [7, 11) is 1.49. The number of ketones is 1. The Morgan fingerprint density at radius 1 is 1.19 bits per heavy atom. The van der Waals surface area contributed by atoms with Gasteiger partial charge in [0.25, 0.3) is 0 Å². The lowest BCUT2D eigenvalue weighted by atomic mass is 9.61. The van der Waals surface area contributed by atoms with E-state index in [1.165, 1.54) is 14.0 Å². The molecule has 1 saturated carbocycles. The van der Waals surface area contributed by atoms with Crippen LogP contribution in [0.4, 0.5) is 0 Å². The van der Waals surface area contributed by atoms with Gasteiger partial charge in [0, 0.05) is 12.3 Å². The van der Waals surface area contributed by atoms with Gasteiger partial charge in [-0.3, -0.25) is 14.4 Å². The molecule has 7 heteroatoms. The molecule has 0 spiro atoms. The highest BCUT2D eigenvalue weighted by Crippen LogP contribution is 2.47. The monoisotopic (exact) mass is 378 g/mol. The fraction of sp³-hybridized carbons (Fsp3) is 0.550. The molecule has 0 aromatic heterocycles. The van der Waals surface area contributed by atoms with E-state index in [0.29, 0.717) is 11.3 Å². The number of carbonyl (C=O) groups excluding carboxylic acids is 3. The first kappa shape index (κ1) is 20.9. The van der Waals surface area contributed by atoms with Gasteiger partial charge in [0.05, 0.1) is 31.8 Å². The Hall–Kier alpha value is -2.41. The molecular formula is C20H26O7. The molecule has 27 heavy (non-hydrogen) atoms. The van der Waals surface area contributed by atoms with Crippen LogP contribution in [0.2, 0.25) is 0 Å². The van der Waals surface area contributed by atoms with Crippen molar-refractivity contribution in [2.45, 2.75) is 38.7 Å². The summed E-state index contributed by atoms with van der Waals surface area (Å²) in [4.78, 5) is 38.0. The van der Waals surface area contributed by atoms with Crippen LogP contribution in [0.5, 0.6) is 5.75 Å². The van der Waals surface area contributed by atoms with Crippen molar-refractivity contribution in [1.29, 1.82) is 0 Å². The minimum absolute atomic E-state index is 0.105. The summed E-state index contributed by atoms with van der Waals surface area (Å²) in [5, 5.41) is 10.9. The topological polar surface area (TPSA) is 99.1 Å². The highest BCUT2D eigenvalue weighted by molar-refractivity contribution is 6.02. The fourth-order valence-electron chi connectivity index (χ4n) is 3.73. The van der Waals surface area contributed by atoms with E-state index >= 15 is 0 Å². The Labute approximate surface area is 158 Å². The molecule has 2 rings (SSSR count). The van der Waals surface area contributed by atoms with Crippen LogP contribution in [0.1, 0.15) is 38.7 Å². The Balaban J connectivity index is 2.63. The summed E-state index contributed by atoms with van der Waals surface area (Å²) < 4.78 is 15.5. The normalized spacial score (nSPS) is 27.7. The molecule has 0 aliphatic heterocycles. The van der Waals surface area contributed by atoms with Gasteiger partial charge in [-0.05, 0) is 38.5 Å². The highest BCUT2D eigenvalue weighted by atomic mass is 16.5. The molecule has 1 N–H and O–H groups in total. The van der Waals surface area contributed by atoms with E-state index in [9.17, 15) is 19.5 Å². The van der Waals surface area contributed by atoms with Crippen molar-refractivity contribution in [3.8, 4) is 5.75 Å². The van der Waals surface area contributed by atoms with Gasteiger partial charge in [0.15, 0.2) is 5.78 Å². The Morgan fingerprint density at radius 3 is 2.41 bits per heavy atom. The number of carbonyl (C=O) groups is 3. The van der Waals surface area contributed by atoms with Gasteiger partial charge in [0.1, 0.15) is 11.7 Å². The Kier molecular flexibility index (Phi) is 6.59. The predicted molar refractivity (Wildman–Crippen MR) is 96.2 cm³/mol. The molecule has 1 fully saturated rings. The van der Waals surface area contributed by atoms with Crippen molar-refractivity contribution in [2.24, 2.45) is 11.8 Å². The van der Waals surface area contributed by atoms with E-state index in [4.69, 9.17) is 14.2 Å². The second-order valence-electron chi connectivity index (χ2n) is 6.76. The van der Waals surface area contributed by atoms with Crippen LogP contribution in [0.3, 0.4) is 0 Å². The number of benzene rings is 1. The molecule has 1 aromatic carbocycles. The van der Waals surface area contributed by atoms with E-state index in [1.54, 1.807) is 38.1 Å². The van der Waals surface area contributed by atoms with E-state index in [2.05, 4.69) is 0 Å². The first-order valence-corrected chi connectivity index (χ1v) is 8.99. The summed E-state index contributed by atoms with van der Waals surface area (Å²) in [5.74, 6) is -4.54. The van der Waals surface area contributed by atoms with Crippen LogP contribution < -0.4 is 4.74 Å². The molecule has 0 heterocycles. The number of ether oxygens (including phenoxy) is 3. The molecule has 4 atom stereocenters. The van der Waals surface area contributed by atoms with Crippen molar-refractivity contribution in [3.63, 3.8) is 0 Å². The lowest BCUT2D eigenvalue weighted by Gasteiger charge is -2.43. The second-order valence-corrected chi connectivity index (χ2v) is 6.76. The second kappa shape index (κ2) is 8.52. The summed E-state index contributed by atoms with van der Waals surface area (Å²) in [6, 6.07) is 6.76. The van der Waals surface area contributed by atoms with Crippen molar-refractivity contribution in [1.82, 2.24) is 0 Å². The summed E-state index contributed by atoms with van der Waals surface area (Å²) in [6.07, 6.45) is -0.333. The lowest BCUT2D eigenvalue weighted by molar-refractivity contribution is -0.172. The van der Waals surface area contributed by atoms with Crippen molar-refractivity contribution < 1.29 is 33.7 Å². The van der Waals surface area contributed by atoms with Gasteiger partial charge in [-0.1, -0.05) is 12.1 Å². The maximum atomic E-state index is 12.7. The van der Waals surface area contributed by atoms with Crippen molar-refractivity contribution in [3.05, 3.63) is 29.8 Å². The molecule has 7 nitrogen and oxygen atoms in total. The number of Topliss-reactive ketones (excluding diaryl/α,β-unsaturated/α-hetero) is 1. The van der Waals surface area contributed by atoms with Gasteiger partial charge in [-0.25, -0.2) is 0 Å². The van der Waals surface area contributed by atoms with Gasteiger partial charge >= 0.3 is 11.9 Å². The molecule has 1 aliphatic carbocycles. The standard InChI is InChI=1S/C20H26O7/c1-5-26-18(22)16-14(21)11-20(3,24)17(19(23)27-6-2)15(16)12-8-7-9-13(10-12)25-4/h7-10,15-17,24H,5-6,11H2,1-4H3/t15-,16-,17+,20+/m1/s1. The van der Waals surface area contributed by atoms with Crippen LogP contribution in [-0.2, 0) is 23.9 Å². The number of aliphatic hydroxyl groups is 1. The van der Waals surface area contributed by atoms with E-state index < -0.39 is 41.1 Å². The van der Waals surface area contributed by atoms with Gasteiger partial charge in [-0.2, -0.15) is 0 Å². The minimum atomic E-state index is -1.65. The van der Waals surface area contributed by atoms with Crippen LogP contribution in [0, 0.1) is 11.8 Å². The Morgan fingerprint density at radius 2 is 1.81 bits per heavy atom. The third-order valence-corrected chi connectivity index (χ3v) is 4.83. The van der Waals surface area contributed by atoms with E-state index in [0.717, 1.165) is 0 Å². The van der Waals surface area contributed by atoms with Gasteiger partial charge in [0.2, 0.25) is 0 Å². The first-order chi connectivity index (χ1) is 12.8. The maximum absolute atomic E-state index is 12.7. The first-order valence-electron chi connectivity index (χ1n) is 8.99. The van der Waals surface area contributed by atoms with Crippen LogP contribution in [-0.4, -0.2) is 48.8 Å². The average Bonchev–Trinajstić information content (AvgIpc) is 2.60. The van der Waals surface area contributed by atoms with E-state index in [1.807, 2.05) is 0 Å². The summed E-state index contributed by atoms with van der Waals surface area (Å²) in [5.41, 5.74) is -1.13. The number of methoxy groups -OCH3 is 1. The SMILES string of the molecule is CCOC(=O)[C@@H]1C(=O)C[C@](C)(O)[C@H](C(=O)OCC)[C@@H]1c1cccc(OC)c1. The average molecular weight is 378 g/mol. The van der Waals surface area contributed by atoms with Crippen molar-refractivity contribution in [2.75, 3.05) is 20.3 Å². The van der Waals surface area contributed by atoms with Crippen molar-refractivity contribution >= 4 is 17.7 Å². The lowest BCUT2D eigenvalue weighted by Crippen LogP contribution is -2.55. The van der Waals surface area contributed by atoms with Crippen LogP contribution in [0.25, 0.3) is 0 Å². The molecule has 0 radical (unpaired) electrons. The zero-order chi connectivity index (χ0) is 20.2. The highest BCUT2D eigenvalue weighted by Gasteiger charge is 2.57. The molecule has 0 amide bonds. The van der Waals surface area contributed by atoms with E-state index in [-0.39, 0.29) is 19.6 Å². The van der Waals surface area contributed by atoms with Gasteiger partial charge < -0.3 is 19.3 Å². The smallest absolute Gasteiger partial charge is 0.317 e. The fourth-order valence-corrected chi connectivity index (χ4v) is 3.73. The quantitative estimate of drug-likeness (QED) is 0.596. The molecule has 1 aliphatic rings. The molecular weight excluding hydrogens is 352 g/mol. The largest absolute Gasteiger partial charge is 0.497 e. The predicted octanol–water partition coefficient (Wildman–Crippen LogP) is 1.86. The zero-order valence-electron chi connectivity index (χ0n) is 16.1. The molecule has 0 saturated heterocycles. The zero-order valence-corrected chi connectivity index (χ0v) is 16.1. The Bertz CT molecular complexity index is 710. The summed E-state index contributed by atoms with van der Waals surface area (Å²) >= 11 is 0. The van der Waals surface area contributed by atoms with Crippen LogP contribution >= 0.6 is 0 Å². The molecule has 1 aromatic rings. The summed E-state index contributed by atoms with van der Waals surface area (Å²) in [6.45, 7) is 4.94. The third-order valence-electron chi connectivity index (χ3n) is 4.83. The number of rotatable bonds is 6. The number of hydrogen-bond acceptors (Lipinski definition) is 7. The number of esters is 2. The van der Waals surface area contributed by atoms with Crippen LogP contribution in [0.15, 0.2) is 24.3 Å². The minimum Gasteiger partial charge on any atom is -0.497 e. The maximum Gasteiger partial charge on any atom is 0.317 e. The molecule has 148 valence electrons. The third kappa shape index (κ3) is 4.30. The molecule has 0 unspecified atom stereocenters.